The van der Waals surface area contributed by atoms with Crippen LogP contribution in [0.4, 0.5) is 4.79 Å². The van der Waals surface area contributed by atoms with E-state index >= 15 is 0 Å². The summed E-state index contributed by atoms with van der Waals surface area (Å²) in [6.07, 6.45) is 0.443. The fraction of sp³-hybridized carbons (Fsp3) is 0.286. The van der Waals surface area contributed by atoms with Gasteiger partial charge < -0.3 is 5.32 Å². The van der Waals surface area contributed by atoms with Gasteiger partial charge in [0.1, 0.15) is 0 Å². The van der Waals surface area contributed by atoms with Crippen molar-refractivity contribution in [2.24, 2.45) is 0 Å². The number of imide groups is 2. The highest BCUT2D eigenvalue weighted by atomic mass is 32.2. The second-order valence-electron chi connectivity index (χ2n) is 7.02. The van der Waals surface area contributed by atoms with Gasteiger partial charge in [0.2, 0.25) is 11.8 Å². The molecule has 0 radical (unpaired) electrons. The Bertz CT molecular complexity index is 1020. The number of nitrogens with one attached hydrogen (secondary N) is 1. The second-order valence-corrected chi connectivity index (χ2v) is 7.95. The van der Waals surface area contributed by atoms with Crippen LogP contribution in [0.1, 0.15) is 33.6 Å². The van der Waals surface area contributed by atoms with E-state index in [0.29, 0.717) is 22.9 Å². The van der Waals surface area contributed by atoms with Crippen molar-refractivity contribution in [2.75, 3.05) is 25.4 Å². The van der Waals surface area contributed by atoms with Gasteiger partial charge in [-0.3, -0.25) is 33.8 Å². The number of benzene rings is 2. The smallest absolute Gasteiger partial charge is 0.288 e. The van der Waals surface area contributed by atoms with Gasteiger partial charge in [0.15, 0.2) is 0 Å². The third-order valence-corrected chi connectivity index (χ3v) is 6.00. The Morgan fingerprint density at radius 2 is 1.60 bits per heavy atom. The van der Waals surface area contributed by atoms with Crippen LogP contribution in [-0.4, -0.2) is 64.1 Å². The van der Waals surface area contributed by atoms with E-state index in [0.717, 1.165) is 22.0 Å². The minimum Gasteiger partial charge on any atom is -0.354 e. The van der Waals surface area contributed by atoms with E-state index in [1.807, 2.05) is 12.1 Å². The molecule has 0 atom stereocenters. The van der Waals surface area contributed by atoms with E-state index in [1.54, 1.807) is 24.3 Å². The van der Waals surface area contributed by atoms with Gasteiger partial charge in [-0.1, -0.05) is 36.0 Å². The van der Waals surface area contributed by atoms with Crippen molar-refractivity contribution in [3.63, 3.8) is 0 Å². The molecule has 2 aromatic carbocycles. The molecular weight excluding hydrogens is 406 g/mol. The molecule has 8 nitrogen and oxygen atoms in total. The number of hydrogen-bond donors (Lipinski definition) is 1. The predicted molar refractivity (Wildman–Crippen MR) is 111 cm³/mol. The predicted octanol–water partition coefficient (Wildman–Crippen LogP) is 2.03. The maximum atomic E-state index is 12.8. The SMILES string of the molecule is O=C(CCCN1C(=O)c2cccc3cccc(c23)C1=O)NCCN1C(=O)CSC1=O. The molecule has 2 aliphatic heterocycles. The maximum Gasteiger partial charge on any atom is 0.288 e. The van der Waals surface area contributed by atoms with Crippen molar-refractivity contribution >= 4 is 51.4 Å². The Labute approximate surface area is 176 Å². The molecule has 0 spiro atoms. The summed E-state index contributed by atoms with van der Waals surface area (Å²) in [6, 6.07) is 10.7. The Balaban J connectivity index is 1.31. The van der Waals surface area contributed by atoms with Crippen LogP contribution in [0.3, 0.4) is 0 Å². The van der Waals surface area contributed by atoms with Gasteiger partial charge in [-0.15, -0.1) is 0 Å². The zero-order chi connectivity index (χ0) is 21.3. The summed E-state index contributed by atoms with van der Waals surface area (Å²) >= 11 is 0.951. The van der Waals surface area contributed by atoms with E-state index < -0.39 is 0 Å². The molecule has 0 aliphatic carbocycles. The molecule has 2 aromatic rings. The first-order valence-electron chi connectivity index (χ1n) is 9.59. The molecule has 0 bridgehead atoms. The molecule has 0 unspecified atom stereocenters. The van der Waals surface area contributed by atoms with Crippen LogP contribution in [0.25, 0.3) is 10.8 Å². The van der Waals surface area contributed by atoms with E-state index in [1.165, 1.54) is 4.90 Å². The van der Waals surface area contributed by atoms with Crippen molar-refractivity contribution in [1.82, 2.24) is 15.1 Å². The highest BCUT2D eigenvalue weighted by molar-refractivity contribution is 8.14. The van der Waals surface area contributed by atoms with Crippen LogP contribution >= 0.6 is 11.8 Å². The number of carbonyl (C=O) groups excluding carboxylic acids is 5. The van der Waals surface area contributed by atoms with Crippen LogP contribution in [-0.2, 0) is 9.59 Å². The first kappa shape index (κ1) is 20.1. The van der Waals surface area contributed by atoms with Gasteiger partial charge >= 0.3 is 0 Å². The second kappa shape index (κ2) is 8.27. The summed E-state index contributed by atoms with van der Waals surface area (Å²) in [5, 5.41) is 3.88. The topological polar surface area (TPSA) is 104 Å². The quantitative estimate of drug-likeness (QED) is 0.681. The zero-order valence-corrected chi connectivity index (χ0v) is 16.9. The molecule has 2 heterocycles. The molecule has 1 saturated heterocycles. The summed E-state index contributed by atoms with van der Waals surface area (Å²) in [6.45, 7) is 0.448. The lowest BCUT2D eigenvalue weighted by Gasteiger charge is -2.27. The maximum absolute atomic E-state index is 12.8. The summed E-state index contributed by atoms with van der Waals surface area (Å²) in [4.78, 5) is 63.0. The molecule has 154 valence electrons. The van der Waals surface area contributed by atoms with E-state index in [4.69, 9.17) is 0 Å². The standard InChI is InChI=1S/C21H19N3O5S/c25-16(22-9-11-23-17(26)12-30-21(23)29)8-3-10-24-19(27)14-6-1-4-13-5-2-7-15(18(13)14)20(24)28/h1-2,4-7H,3,8-12H2,(H,22,25). The van der Waals surface area contributed by atoms with Gasteiger partial charge in [-0.2, -0.15) is 0 Å². The molecule has 0 aromatic heterocycles. The lowest BCUT2D eigenvalue weighted by molar-refractivity contribution is -0.125. The van der Waals surface area contributed by atoms with Crippen LogP contribution in [0.5, 0.6) is 0 Å². The number of nitrogens with zero attached hydrogens (tertiary/aromatic N) is 2. The van der Waals surface area contributed by atoms with Crippen LogP contribution in [0.15, 0.2) is 36.4 Å². The Morgan fingerprint density at radius 1 is 0.933 bits per heavy atom. The van der Waals surface area contributed by atoms with Crippen LogP contribution in [0.2, 0.25) is 0 Å². The highest BCUT2D eigenvalue weighted by Gasteiger charge is 2.32. The van der Waals surface area contributed by atoms with Gasteiger partial charge in [-0.05, 0) is 23.9 Å². The molecule has 9 heteroatoms. The monoisotopic (exact) mass is 425 g/mol. The number of carbonyl (C=O) groups is 5. The van der Waals surface area contributed by atoms with Gasteiger partial charge in [0.05, 0.1) is 5.75 Å². The lowest BCUT2D eigenvalue weighted by Crippen LogP contribution is -2.41. The zero-order valence-electron chi connectivity index (χ0n) is 16.1. The third kappa shape index (κ3) is 3.68. The summed E-state index contributed by atoms with van der Waals surface area (Å²) in [7, 11) is 0. The van der Waals surface area contributed by atoms with E-state index in [2.05, 4.69) is 5.32 Å². The van der Waals surface area contributed by atoms with Crippen molar-refractivity contribution in [3.05, 3.63) is 47.5 Å². The largest absolute Gasteiger partial charge is 0.354 e. The lowest BCUT2D eigenvalue weighted by atomic mass is 9.94. The fourth-order valence-corrected chi connectivity index (χ4v) is 4.43. The first-order chi connectivity index (χ1) is 14.5. The molecule has 30 heavy (non-hydrogen) atoms. The molecule has 1 fully saturated rings. The molecule has 0 saturated carbocycles. The third-order valence-electron chi connectivity index (χ3n) is 5.14. The van der Waals surface area contributed by atoms with Gasteiger partial charge in [0.25, 0.3) is 17.1 Å². The molecule has 1 N–H and O–H groups in total. The van der Waals surface area contributed by atoms with Crippen molar-refractivity contribution in [3.8, 4) is 0 Å². The molecular formula is C21H19N3O5S. The normalized spacial score (nSPS) is 16.0. The average Bonchev–Trinajstić information content (AvgIpc) is 3.06. The minimum atomic E-state index is -0.353. The molecule has 5 amide bonds. The fourth-order valence-electron chi connectivity index (χ4n) is 3.67. The highest BCUT2D eigenvalue weighted by Crippen LogP contribution is 2.30. The number of rotatable bonds is 7. The summed E-state index contributed by atoms with van der Waals surface area (Å²) in [5.41, 5.74) is 0.981. The summed E-state index contributed by atoms with van der Waals surface area (Å²) in [5.74, 6) is -1.08. The van der Waals surface area contributed by atoms with Crippen LogP contribution < -0.4 is 5.32 Å². The van der Waals surface area contributed by atoms with Gasteiger partial charge in [0, 0.05) is 42.6 Å². The number of amides is 5. The van der Waals surface area contributed by atoms with E-state index in [9.17, 15) is 24.0 Å². The first-order valence-corrected chi connectivity index (χ1v) is 10.6. The molecule has 2 aliphatic rings. The molecule has 4 rings (SSSR count). The Morgan fingerprint density at radius 3 is 2.20 bits per heavy atom. The Kier molecular flexibility index (Phi) is 5.54. The van der Waals surface area contributed by atoms with Crippen molar-refractivity contribution in [2.45, 2.75) is 12.8 Å². The van der Waals surface area contributed by atoms with Crippen LogP contribution in [0, 0.1) is 0 Å². The van der Waals surface area contributed by atoms with Crippen molar-refractivity contribution in [1.29, 1.82) is 0 Å². The average molecular weight is 425 g/mol. The number of hydrogen-bond acceptors (Lipinski definition) is 6. The Hall–Kier alpha value is -3.20. The number of thioether (sulfide) groups is 1. The van der Waals surface area contributed by atoms with E-state index in [-0.39, 0.29) is 60.7 Å². The summed E-state index contributed by atoms with van der Waals surface area (Å²) < 4.78 is 0. The van der Waals surface area contributed by atoms with Gasteiger partial charge in [-0.25, -0.2) is 0 Å². The van der Waals surface area contributed by atoms with Crippen molar-refractivity contribution < 1.29 is 24.0 Å². The minimum absolute atomic E-state index is 0.125.